The number of anilines is 1. The monoisotopic (exact) mass is 358 g/mol. The van der Waals surface area contributed by atoms with Gasteiger partial charge in [0.15, 0.2) is 4.34 Å². The summed E-state index contributed by atoms with van der Waals surface area (Å²) in [7, 11) is 0. The van der Waals surface area contributed by atoms with E-state index in [0.717, 1.165) is 10.1 Å². The van der Waals surface area contributed by atoms with E-state index in [-0.39, 0.29) is 30.3 Å². The van der Waals surface area contributed by atoms with Crippen LogP contribution >= 0.6 is 35.5 Å². The Hall–Kier alpha value is -1.15. The lowest BCUT2D eigenvalue weighted by Crippen LogP contribution is -2.34. The lowest BCUT2D eigenvalue weighted by Gasteiger charge is -2.13. The predicted molar refractivity (Wildman–Crippen MR) is 94.6 cm³/mol. The zero-order chi connectivity index (χ0) is 15.2. The van der Waals surface area contributed by atoms with Crippen molar-refractivity contribution in [3.05, 3.63) is 35.9 Å². The Morgan fingerprint density at radius 1 is 1.32 bits per heavy atom. The van der Waals surface area contributed by atoms with E-state index < -0.39 is 0 Å². The van der Waals surface area contributed by atoms with Crippen molar-refractivity contribution in [1.82, 2.24) is 10.2 Å². The fraction of sp³-hybridized carbons (Fsp3) is 0.357. The van der Waals surface area contributed by atoms with Gasteiger partial charge in [-0.2, -0.15) is 0 Å². The first-order valence-electron chi connectivity index (χ1n) is 6.63. The standard InChI is InChI=1S/C14H18N4OS2.ClH/c1-9(10(2)15)12(19)16-13-17-18-14(21-13)20-8-11-6-4-3-5-7-11;/h3-7,9-10H,8,15H2,1-2H3,(H,16,17,19);1H. The van der Waals surface area contributed by atoms with Crippen LogP contribution in [0.5, 0.6) is 0 Å². The van der Waals surface area contributed by atoms with E-state index in [9.17, 15) is 4.79 Å². The molecule has 22 heavy (non-hydrogen) atoms. The Kier molecular flexibility index (Phi) is 7.81. The molecular weight excluding hydrogens is 340 g/mol. The summed E-state index contributed by atoms with van der Waals surface area (Å²) in [4.78, 5) is 11.9. The maximum atomic E-state index is 11.9. The molecule has 5 nitrogen and oxygen atoms in total. The van der Waals surface area contributed by atoms with Gasteiger partial charge in [0.1, 0.15) is 0 Å². The number of hydrogen-bond acceptors (Lipinski definition) is 6. The Bertz CT molecular complexity index is 592. The minimum Gasteiger partial charge on any atom is -0.327 e. The van der Waals surface area contributed by atoms with Crippen molar-refractivity contribution in [2.45, 2.75) is 30.0 Å². The summed E-state index contributed by atoms with van der Waals surface area (Å²) in [6.45, 7) is 3.61. The highest BCUT2D eigenvalue weighted by Gasteiger charge is 2.18. The fourth-order valence-electron chi connectivity index (χ4n) is 1.50. The smallest absolute Gasteiger partial charge is 0.230 e. The number of amides is 1. The molecule has 1 amide bonds. The molecule has 8 heteroatoms. The zero-order valence-electron chi connectivity index (χ0n) is 12.4. The topological polar surface area (TPSA) is 80.9 Å². The number of aromatic nitrogens is 2. The van der Waals surface area contributed by atoms with Crippen LogP contribution < -0.4 is 11.1 Å². The molecule has 2 aromatic rings. The number of carbonyl (C=O) groups excluding carboxylic acids is 1. The quantitative estimate of drug-likeness (QED) is 0.612. The third-order valence-electron chi connectivity index (χ3n) is 3.04. The van der Waals surface area contributed by atoms with Gasteiger partial charge < -0.3 is 11.1 Å². The summed E-state index contributed by atoms with van der Waals surface area (Å²) in [5, 5.41) is 11.3. The van der Waals surface area contributed by atoms with Crippen LogP contribution in [0.1, 0.15) is 19.4 Å². The van der Waals surface area contributed by atoms with Gasteiger partial charge >= 0.3 is 0 Å². The Labute approximate surface area is 144 Å². The third-order valence-corrected chi connectivity index (χ3v) is 5.09. The summed E-state index contributed by atoms with van der Waals surface area (Å²) >= 11 is 2.98. The van der Waals surface area contributed by atoms with E-state index in [1.54, 1.807) is 18.7 Å². The van der Waals surface area contributed by atoms with Gasteiger partial charge in [0.25, 0.3) is 0 Å². The van der Waals surface area contributed by atoms with Crippen LogP contribution in [0, 0.1) is 5.92 Å². The normalized spacial score (nSPS) is 13.0. The summed E-state index contributed by atoms with van der Waals surface area (Å²) in [6, 6.07) is 9.97. The van der Waals surface area contributed by atoms with Crippen molar-refractivity contribution in [1.29, 1.82) is 0 Å². The van der Waals surface area contributed by atoms with Gasteiger partial charge in [-0.3, -0.25) is 4.79 Å². The average Bonchev–Trinajstić information content (AvgIpc) is 2.92. The molecule has 1 aromatic heterocycles. The number of nitrogens with one attached hydrogen (secondary N) is 1. The highest BCUT2D eigenvalue weighted by atomic mass is 35.5. The minimum atomic E-state index is -0.255. The van der Waals surface area contributed by atoms with Crippen molar-refractivity contribution in [2.75, 3.05) is 5.32 Å². The van der Waals surface area contributed by atoms with Gasteiger partial charge in [0.05, 0.1) is 5.92 Å². The van der Waals surface area contributed by atoms with Crippen molar-refractivity contribution in [3.63, 3.8) is 0 Å². The largest absolute Gasteiger partial charge is 0.327 e. The molecule has 0 fully saturated rings. The summed E-state index contributed by atoms with van der Waals surface area (Å²) < 4.78 is 0.836. The van der Waals surface area contributed by atoms with Gasteiger partial charge in [-0.25, -0.2) is 0 Å². The van der Waals surface area contributed by atoms with Crippen LogP contribution in [0.25, 0.3) is 0 Å². The first kappa shape index (κ1) is 18.9. The molecule has 2 unspecified atom stereocenters. The third kappa shape index (κ3) is 5.57. The molecule has 0 bridgehead atoms. The number of nitrogens with zero attached hydrogens (tertiary/aromatic N) is 2. The summed E-state index contributed by atoms with van der Waals surface area (Å²) in [5.74, 6) is 0.453. The molecule has 0 aliphatic rings. The van der Waals surface area contributed by atoms with Crippen LogP contribution in [0.15, 0.2) is 34.7 Å². The van der Waals surface area contributed by atoms with E-state index in [0.29, 0.717) is 5.13 Å². The van der Waals surface area contributed by atoms with Crippen molar-refractivity contribution in [2.24, 2.45) is 11.7 Å². The Morgan fingerprint density at radius 3 is 2.64 bits per heavy atom. The molecule has 2 atom stereocenters. The molecule has 1 aromatic carbocycles. The van der Waals surface area contributed by atoms with Crippen molar-refractivity contribution in [3.8, 4) is 0 Å². The Morgan fingerprint density at radius 2 is 2.00 bits per heavy atom. The maximum absolute atomic E-state index is 11.9. The second-order valence-corrected chi connectivity index (χ2v) is 6.98. The first-order chi connectivity index (χ1) is 10.1. The van der Waals surface area contributed by atoms with Gasteiger partial charge in [-0.15, -0.1) is 22.6 Å². The molecule has 0 saturated heterocycles. The molecule has 1 heterocycles. The average molecular weight is 359 g/mol. The molecule has 0 aliphatic heterocycles. The number of thioether (sulfide) groups is 1. The van der Waals surface area contributed by atoms with E-state index in [1.165, 1.54) is 16.9 Å². The lowest BCUT2D eigenvalue weighted by atomic mass is 10.0. The first-order valence-corrected chi connectivity index (χ1v) is 8.43. The van der Waals surface area contributed by atoms with Gasteiger partial charge in [0, 0.05) is 11.8 Å². The highest BCUT2D eigenvalue weighted by Crippen LogP contribution is 2.28. The fourth-order valence-corrected chi connectivity index (χ4v) is 3.21. The van der Waals surface area contributed by atoms with Crippen molar-refractivity contribution >= 4 is 46.5 Å². The SMILES string of the molecule is CC(N)C(C)C(=O)Nc1nnc(SCc2ccccc2)s1.Cl. The molecule has 0 spiro atoms. The lowest BCUT2D eigenvalue weighted by molar-refractivity contribution is -0.119. The number of hydrogen-bond donors (Lipinski definition) is 2. The zero-order valence-corrected chi connectivity index (χ0v) is 14.8. The maximum Gasteiger partial charge on any atom is 0.230 e. The van der Waals surface area contributed by atoms with Crippen molar-refractivity contribution < 1.29 is 4.79 Å². The van der Waals surface area contributed by atoms with Crippen LogP contribution in [-0.2, 0) is 10.5 Å². The van der Waals surface area contributed by atoms with Crippen LogP contribution in [-0.4, -0.2) is 22.1 Å². The van der Waals surface area contributed by atoms with Crippen LogP contribution in [0.4, 0.5) is 5.13 Å². The van der Waals surface area contributed by atoms with E-state index in [2.05, 4.69) is 27.6 Å². The van der Waals surface area contributed by atoms with Gasteiger partial charge in [0.2, 0.25) is 11.0 Å². The second-order valence-electron chi connectivity index (χ2n) is 4.78. The molecule has 0 aliphatic carbocycles. The van der Waals surface area contributed by atoms with Gasteiger partial charge in [-0.1, -0.05) is 60.4 Å². The van der Waals surface area contributed by atoms with Gasteiger partial charge in [-0.05, 0) is 12.5 Å². The molecule has 3 N–H and O–H groups in total. The summed E-state index contributed by atoms with van der Waals surface area (Å²) in [5.41, 5.74) is 6.94. The number of carbonyl (C=O) groups is 1. The molecule has 0 radical (unpaired) electrons. The van der Waals surface area contributed by atoms with E-state index in [4.69, 9.17) is 5.73 Å². The highest BCUT2D eigenvalue weighted by molar-refractivity contribution is 8.00. The number of benzene rings is 1. The molecular formula is C14H19ClN4OS2. The number of rotatable bonds is 6. The Balaban J connectivity index is 0.00000242. The van der Waals surface area contributed by atoms with E-state index >= 15 is 0 Å². The van der Waals surface area contributed by atoms with Crippen LogP contribution in [0.2, 0.25) is 0 Å². The predicted octanol–water partition coefficient (Wildman–Crippen LogP) is 3.17. The molecule has 0 saturated carbocycles. The van der Waals surface area contributed by atoms with Crippen LogP contribution in [0.3, 0.4) is 0 Å². The summed E-state index contributed by atoms with van der Waals surface area (Å²) in [6.07, 6.45) is 0. The molecule has 2 rings (SSSR count). The minimum absolute atomic E-state index is 0. The number of halogens is 1. The number of nitrogens with two attached hydrogens (primary N) is 1. The van der Waals surface area contributed by atoms with E-state index in [1.807, 2.05) is 25.1 Å². The second kappa shape index (κ2) is 9.09. The molecule has 120 valence electrons.